The Balaban J connectivity index is 2.14. The molecule has 0 radical (unpaired) electrons. The number of carbonyl (C=O) groups is 1. The molecule has 116 valence electrons. The highest BCUT2D eigenvalue weighted by Crippen LogP contribution is 2.34. The Kier molecular flexibility index (Phi) is 4.96. The van der Waals surface area contributed by atoms with Gasteiger partial charge in [-0.1, -0.05) is 18.2 Å². The van der Waals surface area contributed by atoms with Crippen LogP contribution in [0.25, 0.3) is 0 Å². The summed E-state index contributed by atoms with van der Waals surface area (Å²) in [5.41, 5.74) is -0.209. The van der Waals surface area contributed by atoms with E-state index in [2.05, 4.69) is 0 Å². The lowest BCUT2D eigenvalue weighted by Gasteiger charge is -2.38. The van der Waals surface area contributed by atoms with Gasteiger partial charge in [0.15, 0.2) is 0 Å². The molecule has 2 rings (SSSR count). The van der Waals surface area contributed by atoms with E-state index in [1.165, 1.54) is 6.07 Å². The van der Waals surface area contributed by atoms with Crippen LogP contribution in [0.5, 0.6) is 0 Å². The summed E-state index contributed by atoms with van der Waals surface area (Å²) in [6, 6.07) is 6.45. The fourth-order valence-corrected chi connectivity index (χ4v) is 2.87. The fraction of sp³-hybridized carbons (Fsp3) is 0.562. The Morgan fingerprint density at radius 3 is 2.62 bits per heavy atom. The molecule has 1 unspecified atom stereocenters. The predicted octanol–water partition coefficient (Wildman–Crippen LogP) is 2.70. The molecule has 4 nitrogen and oxygen atoms in total. The van der Waals surface area contributed by atoms with E-state index >= 15 is 0 Å². The zero-order valence-corrected chi connectivity index (χ0v) is 12.5. The number of halogens is 1. The zero-order valence-electron chi connectivity index (χ0n) is 12.5. The Labute approximate surface area is 124 Å². The van der Waals surface area contributed by atoms with Crippen LogP contribution in [0.2, 0.25) is 0 Å². The second kappa shape index (κ2) is 6.54. The highest BCUT2D eigenvalue weighted by Gasteiger charge is 2.41. The molecule has 0 amide bonds. The third kappa shape index (κ3) is 3.41. The van der Waals surface area contributed by atoms with Gasteiger partial charge >= 0.3 is 5.97 Å². The Hall–Kier alpha value is -1.46. The molecule has 5 heteroatoms. The molecule has 1 aliphatic heterocycles. The van der Waals surface area contributed by atoms with E-state index in [-0.39, 0.29) is 11.9 Å². The van der Waals surface area contributed by atoms with Crippen molar-refractivity contribution in [2.24, 2.45) is 5.41 Å². The van der Waals surface area contributed by atoms with E-state index in [9.17, 15) is 14.3 Å². The van der Waals surface area contributed by atoms with E-state index in [1.807, 2.05) is 18.9 Å². The molecule has 0 bridgehead atoms. The standard InChI is InChI=1S/C16H22FNO3/c1-12(13-5-3-4-6-14(13)17)18(2)11-16(15(19)20)7-9-21-10-8-16/h3-6,12H,7-11H2,1-2H3,(H,19,20). The summed E-state index contributed by atoms with van der Waals surface area (Å²) in [5, 5.41) is 9.59. The summed E-state index contributed by atoms with van der Waals surface area (Å²) in [7, 11) is 1.84. The van der Waals surface area contributed by atoms with Crippen molar-refractivity contribution < 1.29 is 19.0 Å². The molecule has 21 heavy (non-hydrogen) atoms. The van der Waals surface area contributed by atoms with E-state index in [0.717, 1.165) is 0 Å². The first kappa shape index (κ1) is 15.9. The van der Waals surface area contributed by atoms with Crippen molar-refractivity contribution in [3.63, 3.8) is 0 Å². The first-order valence-electron chi connectivity index (χ1n) is 7.22. The number of benzene rings is 1. The van der Waals surface area contributed by atoms with Crippen molar-refractivity contribution in [1.82, 2.24) is 4.90 Å². The highest BCUT2D eigenvalue weighted by atomic mass is 19.1. The molecule has 1 aromatic carbocycles. The third-order valence-electron chi connectivity index (χ3n) is 4.47. The summed E-state index contributed by atoms with van der Waals surface area (Å²) in [4.78, 5) is 13.6. The maximum atomic E-state index is 13.9. The lowest BCUT2D eigenvalue weighted by atomic mass is 9.79. The monoisotopic (exact) mass is 295 g/mol. The van der Waals surface area contributed by atoms with Crippen LogP contribution in [0.15, 0.2) is 24.3 Å². The topological polar surface area (TPSA) is 49.8 Å². The van der Waals surface area contributed by atoms with Crippen LogP contribution >= 0.6 is 0 Å². The number of ether oxygens (including phenoxy) is 1. The van der Waals surface area contributed by atoms with Gasteiger partial charge < -0.3 is 9.84 Å². The second-order valence-corrected chi connectivity index (χ2v) is 5.81. The summed E-state index contributed by atoms with van der Waals surface area (Å²) in [5.74, 6) is -1.05. The van der Waals surface area contributed by atoms with Gasteiger partial charge in [-0.25, -0.2) is 4.39 Å². The number of hydrogen-bond acceptors (Lipinski definition) is 3. The van der Waals surface area contributed by atoms with Crippen molar-refractivity contribution >= 4 is 5.97 Å². The van der Waals surface area contributed by atoms with Crippen molar-refractivity contribution in [2.45, 2.75) is 25.8 Å². The quantitative estimate of drug-likeness (QED) is 0.907. The van der Waals surface area contributed by atoms with Crippen LogP contribution in [0, 0.1) is 11.2 Å². The van der Waals surface area contributed by atoms with Crippen molar-refractivity contribution in [1.29, 1.82) is 0 Å². The first-order valence-corrected chi connectivity index (χ1v) is 7.22. The SMILES string of the molecule is CC(c1ccccc1F)N(C)CC1(C(=O)O)CCOCC1. The number of hydrogen-bond donors (Lipinski definition) is 1. The Morgan fingerprint density at radius 1 is 1.43 bits per heavy atom. The second-order valence-electron chi connectivity index (χ2n) is 5.81. The van der Waals surface area contributed by atoms with Gasteiger partial charge in [0, 0.05) is 31.4 Å². The van der Waals surface area contributed by atoms with Gasteiger partial charge in [-0.05, 0) is 32.9 Å². The highest BCUT2D eigenvalue weighted by molar-refractivity contribution is 5.75. The van der Waals surface area contributed by atoms with Gasteiger partial charge in [-0.15, -0.1) is 0 Å². The zero-order chi connectivity index (χ0) is 15.5. The number of nitrogens with zero attached hydrogens (tertiary/aromatic N) is 1. The van der Waals surface area contributed by atoms with Crippen LogP contribution in [0.4, 0.5) is 4.39 Å². The van der Waals surface area contributed by atoms with Gasteiger partial charge in [-0.3, -0.25) is 9.69 Å². The first-order chi connectivity index (χ1) is 9.96. The molecule has 1 fully saturated rings. The lowest BCUT2D eigenvalue weighted by molar-refractivity contribution is -0.156. The van der Waals surface area contributed by atoms with Crippen LogP contribution in [0.1, 0.15) is 31.4 Å². The number of carboxylic acids is 1. The molecule has 1 aromatic rings. The van der Waals surface area contributed by atoms with E-state index in [4.69, 9.17) is 4.74 Å². The van der Waals surface area contributed by atoms with E-state index in [0.29, 0.717) is 38.2 Å². The van der Waals surface area contributed by atoms with Gasteiger partial charge in [0.1, 0.15) is 5.82 Å². The molecule has 0 aliphatic carbocycles. The maximum absolute atomic E-state index is 13.9. The molecular weight excluding hydrogens is 273 g/mol. The van der Waals surface area contributed by atoms with Gasteiger partial charge in [0.05, 0.1) is 5.41 Å². The minimum Gasteiger partial charge on any atom is -0.481 e. The largest absolute Gasteiger partial charge is 0.481 e. The van der Waals surface area contributed by atoms with Gasteiger partial charge in [0.2, 0.25) is 0 Å². The minimum absolute atomic E-state index is 0.176. The molecule has 1 N–H and O–H groups in total. The minimum atomic E-state index is -0.799. The third-order valence-corrected chi connectivity index (χ3v) is 4.47. The molecule has 0 spiro atoms. The fourth-order valence-electron chi connectivity index (χ4n) is 2.87. The van der Waals surface area contributed by atoms with Gasteiger partial charge in [0.25, 0.3) is 0 Å². The smallest absolute Gasteiger partial charge is 0.311 e. The Morgan fingerprint density at radius 2 is 2.05 bits per heavy atom. The summed E-state index contributed by atoms with van der Waals surface area (Å²) < 4.78 is 19.1. The van der Waals surface area contributed by atoms with Crippen molar-refractivity contribution in [3.05, 3.63) is 35.6 Å². The normalized spacial score (nSPS) is 19.4. The number of aliphatic carboxylic acids is 1. The molecule has 0 aromatic heterocycles. The average Bonchev–Trinajstić information content (AvgIpc) is 2.47. The van der Waals surface area contributed by atoms with Crippen LogP contribution in [-0.4, -0.2) is 42.8 Å². The summed E-state index contributed by atoms with van der Waals surface area (Å²) in [6.45, 7) is 3.22. The summed E-state index contributed by atoms with van der Waals surface area (Å²) in [6.07, 6.45) is 0.993. The molecule has 1 aliphatic rings. The molecule has 1 saturated heterocycles. The maximum Gasteiger partial charge on any atom is 0.311 e. The number of carboxylic acid groups (broad SMARTS) is 1. The Bertz CT molecular complexity index is 500. The van der Waals surface area contributed by atoms with Crippen molar-refractivity contribution in [2.75, 3.05) is 26.8 Å². The van der Waals surface area contributed by atoms with Gasteiger partial charge in [-0.2, -0.15) is 0 Å². The molecular formula is C16H22FNO3. The van der Waals surface area contributed by atoms with E-state index in [1.54, 1.807) is 18.2 Å². The molecule has 1 atom stereocenters. The summed E-state index contributed by atoms with van der Waals surface area (Å²) >= 11 is 0. The van der Waals surface area contributed by atoms with E-state index < -0.39 is 11.4 Å². The molecule has 0 saturated carbocycles. The average molecular weight is 295 g/mol. The lowest BCUT2D eigenvalue weighted by Crippen LogP contribution is -2.46. The van der Waals surface area contributed by atoms with Crippen LogP contribution in [0.3, 0.4) is 0 Å². The van der Waals surface area contributed by atoms with Crippen molar-refractivity contribution in [3.8, 4) is 0 Å². The molecule has 1 heterocycles. The van der Waals surface area contributed by atoms with Crippen LogP contribution in [-0.2, 0) is 9.53 Å². The predicted molar refractivity (Wildman–Crippen MR) is 77.6 cm³/mol. The number of rotatable bonds is 5. The van der Waals surface area contributed by atoms with Crippen LogP contribution < -0.4 is 0 Å².